The van der Waals surface area contributed by atoms with Crippen molar-refractivity contribution in [2.24, 2.45) is 0 Å². The van der Waals surface area contributed by atoms with Crippen molar-refractivity contribution in [1.29, 1.82) is 0 Å². The van der Waals surface area contributed by atoms with Gasteiger partial charge in [0.15, 0.2) is 5.60 Å². The molecule has 0 bridgehead atoms. The minimum atomic E-state index is -4.57. The maximum atomic E-state index is 13.6. The van der Waals surface area contributed by atoms with E-state index in [2.05, 4.69) is 10.3 Å². The topological polar surface area (TPSA) is 71.5 Å². The lowest BCUT2D eigenvalue weighted by atomic mass is 9.78. The number of benzene rings is 2. The fourth-order valence-electron chi connectivity index (χ4n) is 4.17. The normalized spacial score (nSPS) is 18.0. The maximum absolute atomic E-state index is 13.6. The summed E-state index contributed by atoms with van der Waals surface area (Å²) in [6.45, 7) is 0.0716. The van der Waals surface area contributed by atoms with Gasteiger partial charge >= 0.3 is 12.1 Å². The minimum Gasteiger partial charge on any atom is -0.480 e. The van der Waals surface area contributed by atoms with E-state index in [9.17, 15) is 23.1 Å². The SMILES string of the molecule is O=C(O)c1ccncc1NCC1(Oc2ccccc2C(F)(F)F)CCCc2ccccc21. The van der Waals surface area contributed by atoms with E-state index in [1.165, 1.54) is 36.7 Å². The van der Waals surface area contributed by atoms with Crippen molar-refractivity contribution in [3.8, 4) is 5.75 Å². The number of carboxylic acid groups (broad SMARTS) is 1. The van der Waals surface area contributed by atoms with Crippen LogP contribution in [0.4, 0.5) is 18.9 Å². The summed E-state index contributed by atoms with van der Waals surface area (Å²) in [6.07, 6.45) is 0.151. The molecule has 0 fully saturated rings. The third-order valence-corrected chi connectivity index (χ3v) is 5.65. The quantitative estimate of drug-likeness (QED) is 0.526. The Morgan fingerprint density at radius 1 is 1.12 bits per heavy atom. The Balaban J connectivity index is 1.76. The Labute approximate surface area is 182 Å². The van der Waals surface area contributed by atoms with E-state index in [1.54, 1.807) is 0 Å². The number of nitrogens with zero attached hydrogens (tertiary/aromatic N) is 1. The lowest BCUT2D eigenvalue weighted by molar-refractivity contribution is -0.140. The zero-order chi connectivity index (χ0) is 22.8. The number of ether oxygens (including phenoxy) is 1. The van der Waals surface area contributed by atoms with Gasteiger partial charge in [-0.2, -0.15) is 13.2 Å². The average molecular weight is 442 g/mol. The molecule has 1 heterocycles. The number of pyridine rings is 1. The number of hydrogen-bond acceptors (Lipinski definition) is 4. The molecule has 3 aromatic rings. The second-order valence-electron chi connectivity index (χ2n) is 7.68. The lowest BCUT2D eigenvalue weighted by Gasteiger charge is -2.40. The molecule has 166 valence electrons. The van der Waals surface area contributed by atoms with Crippen molar-refractivity contribution in [2.75, 3.05) is 11.9 Å². The fourth-order valence-corrected chi connectivity index (χ4v) is 4.17. The first kappa shape index (κ1) is 21.7. The molecule has 0 spiro atoms. The summed E-state index contributed by atoms with van der Waals surface area (Å²) in [5.74, 6) is -1.39. The van der Waals surface area contributed by atoms with E-state index in [1.807, 2.05) is 24.3 Å². The van der Waals surface area contributed by atoms with Gasteiger partial charge < -0.3 is 15.2 Å². The Bertz CT molecular complexity index is 1130. The first-order chi connectivity index (χ1) is 15.3. The number of aromatic carboxylic acids is 1. The first-order valence-corrected chi connectivity index (χ1v) is 10.1. The number of rotatable bonds is 6. The largest absolute Gasteiger partial charge is 0.480 e. The van der Waals surface area contributed by atoms with Crippen molar-refractivity contribution in [2.45, 2.75) is 31.0 Å². The van der Waals surface area contributed by atoms with Crippen LogP contribution in [-0.4, -0.2) is 22.6 Å². The molecule has 1 unspecified atom stereocenters. The summed E-state index contributed by atoms with van der Waals surface area (Å²) in [5.41, 5.74) is 0.105. The van der Waals surface area contributed by atoms with Crippen molar-refractivity contribution in [3.05, 3.63) is 89.2 Å². The van der Waals surface area contributed by atoms with Gasteiger partial charge in [-0.05, 0) is 43.0 Å². The molecular weight excluding hydrogens is 421 g/mol. The number of carbonyl (C=O) groups is 1. The van der Waals surface area contributed by atoms with Gasteiger partial charge in [-0.25, -0.2) is 4.79 Å². The van der Waals surface area contributed by atoms with E-state index in [0.29, 0.717) is 12.8 Å². The molecule has 1 aliphatic rings. The highest BCUT2D eigenvalue weighted by atomic mass is 19.4. The molecule has 32 heavy (non-hydrogen) atoms. The van der Waals surface area contributed by atoms with Crippen LogP contribution < -0.4 is 10.1 Å². The number of para-hydroxylation sites is 1. The van der Waals surface area contributed by atoms with Gasteiger partial charge in [-0.3, -0.25) is 4.98 Å². The third-order valence-electron chi connectivity index (χ3n) is 5.65. The number of aromatic nitrogens is 1. The molecule has 2 aromatic carbocycles. The van der Waals surface area contributed by atoms with Gasteiger partial charge in [-0.1, -0.05) is 36.4 Å². The molecule has 0 amide bonds. The number of aryl methyl sites for hydroxylation is 1. The highest BCUT2D eigenvalue weighted by Gasteiger charge is 2.42. The van der Waals surface area contributed by atoms with Gasteiger partial charge in [-0.15, -0.1) is 0 Å². The maximum Gasteiger partial charge on any atom is 0.419 e. The molecule has 5 nitrogen and oxygen atoms in total. The highest BCUT2D eigenvalue weighted by molar-refractivity contribution is 5.93. The highest BCUT2D eigenvalue weighted by Crippen LogP contribution is 2.43. The van der Waals surface area contributed by atoms with Gasteiger partial charge in [0.25, 0.3) is 0 Å². The molecule has 8 heteroatoms. The molecule has 2 N–H and O–H groups in total. The summed E-state index contributed by atoms with van der Waals surface area (Å²) in [4.78, 5) is 15.5. The predicted octanol–water partition coefficient (Wildman–Crippen LogP) is 5.52. The van der Waals surface area contributed by atoms with Crippen LogP contribution in [0.25, 0.3) is 0 Å². The minimum absolute atomic E-state index is 0.0231. The number of nitrogens with one attached hydrogen (secondary N) is 1. The number of hydrogen-bond donors (Lipinski definition) is 2. The number of carboxylic acids is 1. The Morgan fingerprint density at radius 3 is 2.66 bits per heavy atom. The van der Waals surface area contributed by atoms with Crippen LogP contribution in [0.15, 0.2) is 67.0 Å². The molecule has 0 radical (unpaired) electrons. The van der Waals surface area contributed by atoms with Crippen LogP contribution in [0.1, 0.15) is 39.9 Å². The number of halogens is 3. The van der Waals surface area contributed by atoms with E-state index in [4.69, 9.17) is 4.74 Å². The molecule has 1 atom stereocenters. The Hall–Kier alpha value is -3.55. The van der Waals surface area contributed by atoms with E-state index in [-0.39, 0.29) is 23.5 Å². The van der Waals surface area contributed by atoms with Crippen molar-refractivity contribution >= 4 is 11.7 Å². The molecule has 0 saturated carbocycles. The van der Waals surface area contributed by atoms with Gasteiger partial charge in [0, 0.05) is 11.8 Å². The van der Waals surface area contributed by atoms with Gasteiger partial charge in [0.1, 0.15) is 5.75 Å². The van der Waals surface area contributed by atoms with Crippen molar-refractivity contribution in [1.82, 2.24) is 4.98 Å². The molecule has 1 aliphatic carbocycles. The van der Waals surface area contributed by atoms with Gasteiger partial charge in [0.05, 0.1) is 29.6 Å². The molecule has 0 aliphatic heterocycles. The summed E-state index contributed by atoms with van der Waals surface area (Å²) < 4.78 is 47.1. The fraction of sp³-hybridized carbons (Fsp3) is 0.250. The summed E-state index contributed by atoms with van der Waals surface area (Å²) in [6, 6.07) is 14.0. The van der Waals surface area contributed by atoms with Crippen LogP contribution >= 0.6 is 0 Å². The Morgan fingerprint density at radius 2 is 1.88 bits per heavy atom. The van der Waals surface area contributed by atoms with Crippen molar-refractivity contribution < 1.29 is 27.8 Å². The molecule has 4 rings (SSSR count). The zero-order valence-electron chi connectivity index (χ0n) is 17.0. The average Bonchev–Trinajstić information content (AvgIpc) is 2.78. The smallest absolute Gasteiger partial charge is 0.419 e. The van der Waals surface area contributed by atoms with Crippen LogP contribution in [0.3, 0.4) is 0 Å². The molecular formula is C24H21F3N2O3. The summed E-state index contributed by atoms with van der Waals surface area (Å²) >= 11 is 0. The van der Waals surface area contributed by atoms with Crippen LogP contribution in [0.2, 0.25) is 0 Å². The molecule has 0 saturated heterocycles. The standard InChI is InChI=1S/C24H21F3N2O3/c25-24(26,27)19-9-3-4-10-21(19)32-23(12-5-7-16-6-1-2-8-18(16)23)15-29-20-14-28-13-11-17(20)22(30)31/h1-4,6,8-11,13-14,29H,5,7,12,15H2,(H,30,31). The Kier molecular flexibility index (Phi) is 5.78. The summed E-state index contributed by atoms with van der Waals surface area (Å²) in [5, 5.41) is 12.5. The first-order valence-electron chi connectivity index (χ1n) is 10.1. The number of alkyl halides is 3. The van der Waals surface area contributed by atoms with Crippen LogP contribution in [-0.2, 0) is 18.2 Å². The zero-order valence-corrected chi connectivity index (χ0v) is 17.0. The molecule has 1 aromatic heterocycles. The van der Waals surface area contributed by atoms with Crippen molar-refractivity contribution in [3.63, 3.8) is 0 Å². The second kappa shape index (κ2) is 8.53. The number of anilines is 1. The van der Waals surface area contributed by atoms with Crippen LogP contribution in [0, 0.1) is 0 Å². The third kappa shape index (κ3) is 4.26. The van der Waals surface area contributed by atoms with Crippen LogP contribution in [0.5, 0.6) is 5.75 Å². The van der Waals surface area contributed by atoms with Gasteiger partial charge in [0.2, 0.25) is 0 Å². The lowest BCUT2D eigenvalue weighted by Crippen LogP contribution is -2.43. The predicted molar refractivity (Wildman–Crippen MR) is 113 cm³/mol. The van der Waals surface area contributed by atoms with E-state index < -0.39 is 23.3 Å². The van der Waals surface area contributed by atoms with E-state index in [0.717, 1.165) is 23.6 Å². The monoisotopic (exact) mass is 442 g/mol. The summed E-state index contributed by atoms with van der Waals surface area (Å²) in [7, 11) is 0. The number of fused-ring (bicyclic) bond motifs is 1. The van der Waals surface area contributed by atoms with E-state index >= 15 is 0 Å². The second-order valence-corrected chi connectivity index (χ2v) is 7.68.